The minimum Gasteiger partial charge on any atom is -0.497 e. The Morgan fingerprint density at radius 3 is 2.28 bits per heavy atom. The van der Waals surface area contributed by atoms with Gasteiger partial charge in [-0.25, -0.2) is 4.79 Å². The Morgan fingerprint density at radius 2 is 1.59 bits per heavy atom. The quantitative estimate of drug-likeness (QED) is 0.300. The van der Waals surface area contributed by atoms with Gasteiger partial charge in [-0.1, -0.05) is 48.5 Å². The van der Waals surface area contributed by atoms with E-state index in [-0.39, 0.29) is 49.6 Å². The number of carbonyl (C=O) groups excluding carboxylic acids is 4. The summed E-state index contributed by atoms with van der Waals surface area (Å²) in [6, 6.07) is 19.2. The molecule has 0 aliphatic carbocycles. The highest BCUT2D eigenvalue weighted by Crippen LogP contribution is 2.25. The SMILES string of the molecule is COC(=O)[C@@H]1CCC(=O)N(Cc2ccc(OC)cc2)C/C=C/COc2cc(OC)ccc2C(=O)N[C@H](Cc2ccccc2)C(=O)N1. The van der Waals surface area contributed by atoms with Crippen LogP contribution >= 0.6 is 0 Å². The summed E-state index contributed by atoms with van der Waals surface area (Å²) in [7, 11) is 4.31. The first-order chi connectivity index (χ1) is 22.3. The van der Waals surface area contributed by atoms with Gasteiger partial charge in [0.15, 0.2) is 0 Å². The van der Waals surface area contributed by atoms with Crippen LogP contribution in [-0.4, -0.2) is 75.2 Å². The van der Waals surface area contributed by atoms with Crippen molar-refractivity contribution in [2.75, 3.05) is 34.5 Å². The maximum absolute atomic E-state index is 13.7. The second-order valence-electron chi connectivity index (χ2n) is 10.6. The fourth-order valence-corrected chi connectivity index (χ4v) is 4.93. The van der Waals surface area contributed by atoms with E-state index >= 15 is 0 Å². The number of nitrogens with zero attached hydrogens (tertiary/aromatic N) is 1. The molecular formula is C35H39N3O8. The van der Waals surface area contributed by atoms with Crippen LogP contribution in [0.4, 0.5) is 0 Å². The number of benzene rings is 3. The molecule has 1 heterocycles. The van der Waals surface area contributed by atoms with Crippen LogP contribution in [0.25, 0.3) is 0 Å². The number of hydrogen-bond acceptors (Lipinski definition) is 8. The number of fused-ring (bicyclic) bond motifs is 1. The number of methoxy groups -OCH3 is 3. The first-order valence-electron chi connectivity index (χ1n) is 14.9. The first-order valence-corrected chi connectivity index (χ1v) is 14.9. The largest absolute Gasteiger partial charge is 0.497 e. The van der Waals surface area contributed by atoms with Crippen molar-refractivity contribution in [2.24, 2.45) is 0 Å². The van der Waals surface area contributed by atoms with Crippen LogP contribution in [0.5, 0.6) is 17.2 Å². The van der Waals surface area contributed by atoms with Crippen molar-refractivity contribution in [3.8, 4) is 17.2 Å². The molecule has 2 atom stereocenters. The number of esters is 1. The number of nitrogens with one attached hydrogen (secondary N) is 2. The fraction of sp³-hybridized carbons (Fsp3) is 0.314. The van der Waals surface area contributed by atoms with E-state index in [4.69, 9.17) is 18.9 Å². The maximum atomic E-state index is 13.7. The van der Waals surface area contributed by atoms with Crippen LogP contribution in [0.3, 0.4) is 0 Å². The standard InChI is InChI=1S/C35H39N3O8/c1-43-26-13-11-25(12-14-26)23-38-19-7-8-20-46-31-22-27(44-2)15-16-28(31)33(40)37-30(21-24-9-5-4-6-10-24)34(41)36-29(35(42)45-3)17-18-32(38)39/h4-16,22,29-30H,17-21,23H2,1-3H3,(H,36,41)(H,37,40)/b8-7+/t29-,30+/m0/s1. The Hall–Kier alpha value is -5.32. The molecule has 2 N–H and O–H groups in total. The highest BCUT2D eigenvalue weighted by molar-refractivity contribution is 6.00. The van der Waals surface area contributed by atoms with Crippen LogP contribution in [-0.2, 0) is 32.1 Å². The molecule has 3 aromatic carbocycles. The summed E-state index contributed by atoms with van der Waals surface area (Å²) in [6.07, 6.45) is 3.66. The van der Waals surface area contributed by atoms with Crippen LogP contribution in [0, 0.1) is 0 Å². The molecule has 242 valence electrons. The summed E-state index contributed by atoms with van der Waals surface area (Å²) in [4.78, 5) is 55.2. The van der Waals surface area contributed by atoms with Gasteiger partial charge in [-0.15, -0.1) is 0 Å². The van der Waals surface area contributed by atoms with Crippen molar-refractivity contribution < 1.29 is 38.1 Å². The normalized spacial score (nSPS) is 18.6. The van der Waals surface area contributed by atoms with Crippen molar-refractivity contribution in [3.63, 3.8) is 0 Å². The van der Waals surface area contributed by atoms with E-state index in [9.17, 15) is 19.2 Å². The molecule has 0 aromatic heterocycles. The molecule has 1 aliphatic rings. The molecule has 11 nitrogen and oxygen atoms in total. The van der Waals surface area contributed by atoms with Crippen molar-refractivity contribution in [1.29, 1.82) is 0 Å². The lowest BCUT2D eigenvalue weighted by molar-refractivity contribution is -0.145. The predicted octanol–water partition coefficient (Wildman–Crippen LogP) is 3.46. The molecule has 0 fully saturated rings. The molecule has 0 spiro atoms. The summed E-state index contributed by atoms with van der Waals surface area (Å²) < 4.78 is 21.5. The van der Waals surface area contributed by atoms with Crippen LogP contribution in [0.1, 0.15) is 34.3 Å². The molecule has 3 amide bonds. The summed E-state index contributed by atoms with van der Waals surface area (Å²) in [6.45, 7) is 0.672. The fourth-order valence-electron chi connectivity index (χ4n) is 4.93. The van der Waals surface area contributed by atoms with E-state index in [0.29, 0.717) is 18.0 Å². The summed E-state index contributed by atoms with van der Waals surface area (Å²) in [5, 5.41) is 5.52. The van der Waals surface area contributed by atoms with E-state index in [0.717, 1.165) is 11.1 Å². The Morgan fingerprint density at radius 1 is 0.870 bits per heavy atom. The molecule has 1 aliphatic heterocycles. The van der Waals surface area contributed by atoms with E-state index in [1.54, 1.807) is 42.4 Å². The number of ether oxygens (including phenoxy) is 4. The van der Waals surface area contributed by atoms with Gasteiger partial charge in [0.05, 0.1) is 26.9 Å². The topological polar surface area (TPSA) is 132 Å². The Labute approximate surface area is 268 Å². The number of carbonyl (C=O) groups is 4. The Kier molecular flexibility index (Phi) is 12.2. The van der Waals surface area contributed by atoms with Crippen molar-refractivity contribution in [1.82, 2.24) is 15.5 Å². The Bertz CT molecular complexity index is 1520. The molecule has 3 aromatic rings. The van der Waals surface area contributed by atoms with Gasteiger partial charge < -0.3 is 34.5 Å². The molecule has 0 unspecified atom stereocenters. The zero-order valence-electron chi connectivity index (χ0n) is 26.2. The lowest BCUT2D eigenvalue weighted by atomic mass is 10.0. The third-order valence-corrected chi connectivity index (χ3v) is 7.50. The summed E-state index contributed by atoms with van der Waals surface area (Å²) in [5.41, 5.74) is 1.88. The van der Waals surface area contributed by atoms with Gasteiger partial charge in [0.2, 0.25) is 11.8 Å². The minimum absolute atomic E-state index is 0.00217. The van der Waals surface area contributed by atoms with Gasteiger partial charge in [-0.2, -0.15) is 0 Å². The molecule has 4 rings (SSSR count). The van der Waals surface area contributed by atoms with Gasteiger partial charge in [-0.3, -0.25) is 14.4 Å². The van der Waals surface area contributed by atoms with Gasteiger partial charge in [0.25, 0.3) is 5.91 Å². The Balaban J connectivity index is 1.67. The lowest BCUT2D eigenvalue weighted by Gasteiger charge is -2.24. The molecule has 0 radical (unpaired) electrons. The second kappa shape index (κ2) is 16.7. The number of amides is 3. The zero-order valence-corrected chi connectivity index (χ0v) is 26.2. The smallest absolute Gasteiger partial charge is 0.328 e. The average Bonchev–Trinajstić information content (AvgIpc) is 3.08. The molecular weight excluding hydrogens is 590 g/mol. The first kappa shape index (κ1) is 33.6. The third kappa shape index (κ3) is 9.34. The van der Waals surface area contributed by atoms with Crippen molar-refractivity contribution in [3.05, 3.63) is 102 Å². The lowest BCUT2D eigenvalue weighted by Crippen LogP contribution is -2.53. The maximum Gasteiger partial charge on any atom is 0.328 e. The molecule has 0 bridgehead atoms. The van der Waals surface area contributed by atoms with E-state index in [1.807, 2.05) is 54.6 Å². The van der Waals surface area contributed by atoms with E-state index in [2.05, 4.69) is 10.6 Å². The highest BCUT2D eigenvalue weighted by atomic mass is 16.5. The molecule has 46 heavy (non-hydrogen) atoms. The number of rotatable bonds is 7. The summed E-state index contributed by atoms with van der Waals surface area (Å²) >= 11 is 0. The van der Waals surface area contributed by atoms with E-state index in [1.165, 1.54) is 14.2 Å². The third-order valence-electron chi connectivity index (χ3n) is 7.50. The van der Waals surface area contributed by atoms with E-state index < -0.39 is 29.9 Å². The predicted molar refractivity (Wildman–Crippen MR) is 171 cm³/mol. The molecule has 0 saturated carbocycles. The highest BCUT2D eigenvalue weighted by Gasteiger charge is 2.30. The monoisotopic (exact) mass is 629 g/mol. The van der Waals surface area contributed by atoms with Gasteiger partial charge in [-0.05, 0) is 47.9 Å². The number of hydrogen-bond donors (Lipinski definition) is 2. The molecule has 0 saturated heterocycles. The van der Waals surface area contributed by atoms with Crippen LogP contribution in [0.2, 0.25) is 0 Å². The average molecular weight is 630 g/mol. The minimum atomic E-state index is -1.12. The zero-order chi connectivity index (χ0) is 32.9. The van der Waals surface area contributed by atoms with Crippen molar-refractivity contribution in [2.45, 2.75) is 37.9 Å². The van der Waals surface area contributed by atoms with Gasteiger partial charge in [0, 0.05) is 32.0 Å². The van der Waals surface area contributed by atoms with Crippen LogP contribution in [0.15, 0.2) is 84.9 Å². The van der Waals surface area contributed by atoms with Gasteiger partial charge in [0.1, 0.15) is 35.9 Å². The van der Waals surface area contributed by atoms with Crippen LogP contribution < -0.4 is 24.8 Å². The van der Waals surface area contributed by atoms with Gasteiger partial charge >= 0.3 is 5.97 Å². The second-order valence-corrected chi connectivity index (χ2v) is 10.6. The van der Waals surface area contributed by atoms with Crippen molar-refractivity contribution >= 4 is 23.7 Å². The molecule has 11 heteroatoms. The summed E-state index contributed by atoms with van der Waals surface area (Å²) in [5.74, 6) is -0.632.